The zero-order valence-corrected chi connectivity index (χ0v) is 25.8. The maximum atomic E-state index is 5.27. The molecule has 0 aliphatic heterocycles. The minimum absolute atomic E-state index is 0.599. The standard InChI is InChI=1S/2C7H18N2.2C6H16N2/c1-8(2)6-5-7-9(3)4;1-7(2)8-5-6-9(3)4;1-6(2)8-5-3-4-7;1-4-7-5-6-8(2)3/h5-7H2,1-4H3;7-8H,5-6H2,1-4H3;6,8H,3-5,7H2,1-2H3;7H,4-6H2,1-3H3. The van der Waals surface area contributed by atoms with Crippen molar-refractivity contribution in [3.8, 4) is 0 Å². The van der Waals surface area contributed by atoms with Gasteiger partial charge in [0.05, 0.1) is 0 Å². The summed E-state index contributed by atoms with van der Waals surface area (Å²) in [5, 5.41) is 9.84. The van der Waals surface area contributed by atoms with Crippen LogP contribution in [0.4, 0.5) is 0 Å². The normalized spacial score (nSPS) is 10.9. The van der Waals surface area contributed by atoms with E-state index in [1.54, 1.807) is 0 Å². The lowest BCUT2D eigenvalue weighted by Crippen LogP contribution is -2.30. The predicted molar refractivity (Wildman–Crippen MR) is 157 cm³/mol. The number of rotatable bonds is 16. The molecule has 8 nitrogen and oxygen atoms in total. The third-order valence-electron chi connectivity index (χ3n) is 4.24. The van der Waals surface area contributed by atoms with Gasteiger partial charge in [0.25, 0.3) is 0 Å². The van der Waals surface area contributed by atoms with E-state index in [1.165, 1.54) is 19.5 Å². The van der Waals surface area contributed by atoms with Gasteiger partial charge in [-0.2, -0.15) is 0 Å². The molecule has 0 saturated carbocycles. The van der Waals surface area contributed by atoms with E-state index in [0.29, 0.717) is 12.1 Å². The van der Waals surface area contributed by atoms with Crippen LogP contribution in [-0.4, -0.2) is 147 Å². The molecule has 34 heavy (non-hydrogen) atoms. The lowest BCUT2D eigenvalue weighted by molar-refractivity contribution is 0.340. The van der Waals surface area contributed by atoms with Crippen molar-refractivity contribution < 1.29 is 0 Å². The smallest absolute Gasteiger partial charge is 0.0101 e. The average molecular weight is 493 g/mol. The molecule has 8 heteroatoms. The Morgan fingerprint density at radius 1 is 0.559 bits per heavy atom. The Labute approximate surface area is 216 Å². The molecule has 0 aromatic carbocycles. The molecular weight excluding hydrogens is 424 g/mol. The molecule has 0 aliphatic rings. The highest BCUT2D eigenvalue weighted by molar-refractivity contribution is 4.54. The first-order chi connectivity index (χ1) is 15.8. The molecule has 0 amide bonds. The molecular formula is C26H68N8. The van der Waals surface area contributed by atoms with E-state index in [-0.39, 0.29) is 0 Å². The quantitative estimate of drug-likeness (QED) is 0.242. The molecule has 0 saturated heterocycles. The highest BCUT2D eigenvalue weighted by Crippen LogP contribution is 1.84. The van der Waals surface area contributed by atoms with Crippen LogP contribution in [0.1, 0.15) is 47.5 Å². The van der Waals surface area contributed by atoms with Crippen LogP contribution in [0.2, 0.25) is 0 Å². The van der Waals surface area contributed by atoms with E-state index in [9.17, 15) is 0 Å². The maximum absolute atomic E-state index is 5.27. The van der Waals surface area contributed by atoms with Gasteiger partial charge in [-0.05, 0) is 102 Å². The molecule has 0 heterocycles. The van der Waals surface area contributed by atoms with Crippen LogP contribution in [-0.2, 0) is 0 Å². The summed E-state index contributed by atoms with van der Waals surface area (Å²) in [4.78, 5) is 8.77. The zero-order valence-electron chi connectivity index (χ0n) is 25.8. The molecule has 0 unspecified atom stereocenters. The summed E-state index contributed by atoms with van der Waals surface area (Å²) in [6, 6.07) is 1.21. The molecule has 0 atom stereocenters. The number of hydrogen-bond donors (Lipinski definition) is 4. The molecule has 0 fully saturated rings. The van der Waals surface area contributed by atoms with Gasteiger partial charge < -0.3 is 41.3 Å². The first-order valence-electron chi connectivity index (χ1n) is 13.3. The third kappa shape index (κ3) is 63.4. The summed E-state index contributed by atoms with van der Waals surface area (Å²) >= 11 is 0. The summed E-state index contributed by atoms with van der Waals surface area (Å²) in [7, 11) is 16.8. The van der Waals surface area contributed by atoms with E-state index in [0.717, 1.165) is 52.2 Å². The fourth-order valence-corrected chi connectivity index (χ4v) is 2.25. The molecule has 0 aliphatic carbocycles. The van der Waals surface area contributed by atoms with Gasteiger partial charge in [0.2, 0.25) is 0 Å². The molecule has 0 radical (unpaired) electrons. The molecule has 0 rings (SSSR count). The van der Waals surface area contributed by atoms with Gasteiger partial charge in [-0.3, -0.25) is 0 Å². The van der Waals surface area contributed by atoms with Crippen molar-refractivity contribution in [3.05, 3.63) is 0 Å². The topological polar surface area (TPSA) is 75.1 Å². The number of nitrogens with two attached hydrogens (primary N) is 1. The van der Waals surface area contributed by atoms with E-state index < -0.39 is 0 Å². The largest absolute Gasteiger partial charge is 0.330 e. The van der Waals surface area contributed by atoms with Crippen molar-refractivity contribution in [1.29, 1.82) is 0 Å². The van der Waals surface area contributed by atoms with Crippen LogP contribution in [0.5, 0.6) is 0 Å². The number of nitrogens with zero attached hydrogens (tertiary/aromatic N) is 4. The monoisotopic (exact) mass is 493 g/mol. The Morgan fingerprint density at radius 2 is 0.941 bits per heavy atom. The summed E-state index contributed by atoms with van der Waals surface area (Å²) in [6.07, 6.45) is 2.35. The van der Waals surface area contributed by atoms with Gasteiger partial charge in [0.1, 0.15) is 0 Å². The second-order valence-electron chi connectivity index (χ2n) is 10.3. The second kappa shape index (κ2) is 32.7. The Hall–Kier alpha value is -0.320. The molecule has 0 spiro atoms. The number of nitrogens with one attached hydrogen (secondary N) is 3. The van der Waals surface area contributed by atoms with Crippen LogP contribution in [0, 0.1) is 0 Å². The Bertz CT molecular complexity index is 287. The predicted octanol–water partition coefficient (Wildman–Crippen LogP) is 1.54. The highest BCUT2D eigenvalue weighted by Gasteiger charge is 1.92. The van der Waals surface area contributed by atoms with Gasteiger partial charge >= 0.3 is 0 Å². The number of likely N-dealkylation sites (N-methyl/N-ethyl adjacent to an activating group) is 3. The molecule has 0 bridgehead atoms. The second-order valence-corrected chi connectivity index (χ2v) is 10.3. The van der Waals surface area contributed by atoms with Gasteiger partial charge in [-0.1, -0.05) is 34.6 Å². The summed E-state index contributed by atoms with van der Waals surface area (Å²) in [5.74, 6) is 0. The summed E-state index contributed by atoms with van der Waals surface area (Å²) in [5.41, 5.74) is 5.27. The van der Waals surface area contributed by atoms with E-state index in [2.05, 4.69) is 127 Å². The lowest BCUT2D eigenvalue weighted by atomic mass is 10.3. The van der Waals surface area contributed by atoms with Gasteiger partial charge in [-0.25, -0.2) is 0 Å². The van der Waals surface area contributed by atoms with Gasteiger partial charge in [-0.15, -0.1) is 0 Å². The highest BCUT2D eigenvalue weighted by atomic mass is 15.1. The number of hydrogen-bond acceptors (Lipinski definition) is 8. The summed E-state index contributed by atoms with van der Waals surface area (Å²) < 4.78 is 0. The minimum Gasteiger partial charge on any atom is -0.330 e. The fraction of sp³-hybridized carbons (Fsp3) is 1.00. The van der Waals surface area contributed by atoms with Crippen molar-refractivity contribution in [2.24, 2.45) is 5.73 Å². The van der Waals surface area contributed by atoms with Crippen LogP contribution in [0.15, 0.2) is 0 Å². The average Bonchev–Trinajstić information content (AvgIpc) is 2.68. The molecule has 5 N–H and O–H groups in total. The van der Waals surface area contributed by atoms with Crippen LogP contribution in [0.3, 0.4) is 0 Å². The Kier molecular flexibility index (Phi) is 39.2. The van der Waals surface area contributed by atoms with Crippen molar-refractivity contribution in [2.75, 3.05) is 115 Å². The minimum atomic E-state index is 0.599. The Morgan fingerprint density at radius 3 is 1.26 bits per heavy atom. The Balaban J connectivity index is -0.000000177. The third-order valence-corrected chi connectivity index (χ3v) is 4.24. The maximum Gasteiger partial charge on any atom is 0.0101 e. The van der Waals surface area contributed by atoms with Gasteiger partial charge in [0, 0.05) is 38.3 Å². The van der Waals surface area contributed by atoms with Crippen LogP contribution >= 0.6 is 0 Å². The zero-order chi connectivity index (χ0) is 27.4. The van der Waals surface area contributed by atoms with E-state index >= 15 is 0 Å². The van der Waals surface area contributed by atoms with Crippen molar-refractivity contribution in [3.63, 3.8) is 0 Å². The molecule has 0 aromatic heterocycles. The van der Waals surface area contributed by atoms with E-state index in [1.807, 2.05) is 0 Å². The fourth-order valence-electron chi connectivity index (χ4n) is 2.25. The van der Waals surface area contributed by atoms with Crippen molar-refractivity contribution in [2.45, 2.75) is 59.5 Å². The molecule has 0 aromatic rings. The van der Waals surface area contributed by atoms with Crippen molar-refractivity contribution in [1.82, 2.24) is 35.6 Å². The first kappa shape index (κ1) is 40.8. The van der Waals surface area contributed by atoms with Crippen LogP contribution in [0.25, 0.3) is 0 Å². The molecule has 212 valence electrons. The van der Waals surface area contributed by atoms with E-state index in [4.69, 9.17) is 5.73 Å². The summed E-state index contributed by atoms with van der Waals surface area (Å²) in [6.45, 7) is 20.5. The SMILES string of the molecule is CC(C)NCCCN.CC(C)NCCN(C)C.CCNCCN(C)C.CN(C)CCCN(C)C. The van der Waals surface area contributed by atoms with Crippen molar-refractivity contribution >= 4 is 0 Å². The van der Waals surface area contributed by atoms with Crippen LogP contribution < -0.4 is 21.7 Å². The van der Waals surface area contributed by atoms with Gasteiger partial charge in [0.15, 0.2) is 0 Å². The first-order valence-corrected chi connectivity index (χ1v) is 13.3. The lowest BCUT2D eigenvalue weighted by Gasteiger charge is -2.12.